The Bertz CT molecular complexity index is 1070. The molecule has 1 saturated heterocycles. The average Bonchev–Trinajstić information content (AvgIpc) is 3.22. The highest BCUT2D eigenvalue weighted by Gasteiger charge is 2.32. The molecule has 0 bridgehead atoms. The standard InChI is InChI=1S/C20H23N3O6S2/c1-3-29-19(26)17-12-30-20(21-17)22-18(25)15-8-10-23(11-9-15)31(27,28)16-6-4-14(5-7-16)13(2)24/h4-7,12,15H,3,8-11H2,1-2H3,(H,21,22,25). The predicted molar refractivity (Wildman–Crippen MR) is 115 cm³/mol. The summed E-state index contributed by atoms with van der Waals surface area (Å²) in [6, 6.07) is 5.84. The molecule has 0 aliphatic carbocycles. The lowest BCUT2D eigenvalue weighted by Crippen LogP contribution is -2.41. The van der Waals surface area contributed by atoms with Gasteiger partial charge in [0.2, 0.25) is 15.9 Å². The molecule has 0 spiro atoms. The van der Waals surface area contributed by atoms with Gasteiger partial charge in [-0.15, -0.1) is 11.3 Å². The van der Waals surface area contributed by atoms with Gasteiger partial charge in [0.25, 0.3) is 0 Å². The Labute approximate surface area is 184 Å². The first-order chi connectivity index (χ1) is 14.7. The number of ketones is 1. The van der Waals surface area contributed by atoms with Crippen LogP contribution in [0.3, 0.4) is 0 Å². The van der Waals surface area contributed by atoms with Crippen LogP contribution >= 0.6 is 11.3 Å². The molecular formula is C20H23N3O6S2. The maximum Gasteiger partial charge on any atom is 0.357 e. The summed E-state index contributed by atoms with van der Waals surface area (Å²) in [7, 11) is -3.70. The van der Waals surface area contributed by atoms with Crippen LogP contribution in [0.25, 0.3) is 0 Å². The van der Waals surface area contributed by atoms with Crippen molar-refractivity contribution in [1.29, 1.82) is 0 Å². The number of sulfonamides is 1. The van der Waals surface area contributed by atoms with Crippen LogP contribution in [0.15, 0.2) is 34.5 Å². The van der Waals surface area contributed by atoms with E-state index in [9.17, 15) is 22.8 Å². The second-order valence-corrected chi connectivity index (χ2v) is 9.80. The fraction of sp³-hybridized carbons (Fsp3) is 0.400. The van der Waals surface area contributed by atoms with Crippen molar-refractivity contribution >= 4 is 44.2 Å². The maximum absolute atomic E-state index is 12.8. The highest BCUT2D eigenvalue weighted by molar-refractivity contribution is 7.89. The number of carbonyl (C=O) groups is 3. The number of amides is 1. The van der Waals surface area contributed by atoms with Crippen LogP contribution in [0.2, 0.25) is 0 Å². The van der Waals surface area contributed by atoms with Crippen LogP contribution in [0, 0.1) is 5.92 Å². The molecule has 1 aromatic heterocycles. The smallest absolute Gasteiger partial charge is 0.357 e. The number of carbonyl (C=O) groups excluding carboxylic acids is 3. The molecule has 1 amide bonds. The Hall–Kier alpha value is -2.63. The van der Waals surface area contributed by atoms with Gasteiger partial charge in [-0.05, 0) is 38.8 Å². The molecule has 2 aromatic rings. The van der Waals surface area contributed by atoms with E-state index < -0.39 is 16.0 Å². The summed E-state index contributed by atoms with van der Waals surface area (Å²) < 4.78 is 31.9. The molecule has 1 aromatic carbocycles. The van der Waals surface area contributed by atoms with Crippen molar-refractivity contribution in [2.24, 2.45) is 5.92 Å². The van der Waals surface area contributed by atoms with Gasteiger partial charge in [-0.1, -0.05) is 12.1 Å². The summed E-state index contributed by atoms with van der Waals surface area (Å²) in [4.78, 5) is 39.8. The molecule has 1 aliphatic heterocycles. The third kappa shape index (κ3) is 5.35. The summed E-state index contributed by atoms with van der Waals surface area (Å²) in [5.41, 5.74) is 0.585. The third-order valence-corrected chi connectivity index (χ3v) is 7.61. The van der Waals surface area contributed by atoms with E-state index in [2.05, 4.69) is 10.3 Å². The second kappa shape index (κ2) is 9.67. The highest BCUT2D eigenvalue weighted by Crippen LogP contribution is 2.26. The van der Waals surface area contributed by atoms with Gasteiger partial charge in [0, 0.05) is 30.0 Å². The zero-order valence-corrected chi connectivity index (χ0v) is 18.8. The van der Waals surface area contributed by atoms with E-state index in [1.54, 1.807) is 6.92 Å². The van der Waals surface area contributed by atoms with Gasteiger partial charge < -0.3 is 10.1 Å². The molecule has 1 aliphatic rings. The number of rotatable bonds is 7. The van der Waals surface area contributed by atoms with Crippen molar-refractivity contribution in [3.63, 3.8) is 0 Å². The Kier molecular flexibility index (Phi) is 7.19. The quantitative estimate of drug-likeness (QED) is 0.492. The largest absolute Gasteiger partial charge is 0.461 e. The van der Waals surface area contributed by atoms with Crippen LogP contribution in [0.4, 0.5) is 5.13 Å². The molecule has 1 N–H and O–H groups in total. The van der Waals surface area contributed by atoms with Crippen molar-refractivity contribution in [2.75, 3.05) is 25.0 Å². The molecule has 2 heterocycles. The highest BCUT2D eigenvalue weighted by atomic mass is 32.2. The summed E-state index contributed by atoms with van der Waals surface area (Å²) in [5.74, 6) is -1.30. The molecule has 0 unspecified atom stereocenters. The van der Waals surface area contributed by atoms with E-state index in [-0.39, 0.29) is 47.9 Å². The zero-order valence-electron chi connectivity index (χ0n) is 17.2. The number of piperidine rings is 1. The number of anilines is 1. The minimum Gasteiger partial charge on any atom is -0.461 e. The number of benzene rings is 1. The van der Waals surface area contributed by atoms with Crippen LogP contribution in [-0.4, -0.2) is 55.1 Å². The van der Waals surface area contributed by atoms with E-state index in [0.29, 0.717) is 23.5 Å². The zero-order chi connectivity index (χ0) is 22.6. The minimum absolute atomic E-state index is 0.120. The van der Waals surface area contributed by atoms with Crippen molar-refractivity contribution in [2.45, 2.75) is 31.6 Å². The molecular weight excluding hydrogens is 442 g/mol. The molecule has 31 heavy (non-hydrogen) atoms. The fourth-order valence-corrected chi connectivity index (χ4v) is 5.36. The number of Topliss-reactive ketones (excluding diaryl/α,β-unsaturated/α-hetero) is 1. The normalized spacial score (nSPS) is 15.4. The predicted octanol–water partition coefficient (Wildman–Crippen LogP) is 2.56. The molecule has 11 heteroatoms. The number of hydrogen-bond donors (Lipinski definition) is 1. The fourth-order valence-electron chi connectivity index (χ4n) is 3.21. The van der Waals surface area contributed by atoms with Crippen LogP contribution in [0.5, 0.6) is 0 Å². The van der Waals surface area contributed by atoms with Gasteiger partial charge in [0.05, 0.1) is 11.5 Å². The first-order valence-corrected chi connectivity index (χ1v) is 12.1. The number of nitrogens with zero attached hydrogens (tertiary/aromatic N) is 2. The molecule has 3 rings (SSSR count). The number of esters is 1. The van der Waals surface area contributed by atoms with Crippen molar-refractivity contribution in [3.8, 4) is 0 Å². The Morgan fingerprint density at radius 2 is 1.84 bits per heavy atom. The number of hydrogen-bond acceptors (Lipinski definition) is 8. The first-order valence-electron chi connectivity index (χ1n) is 9.77. The Morgan fingerprint density at radius 3 is 2.42 bits per heavy atom. The number of thiazole rings is 1. The number of aromatic nitrogens is 1. The Balaban J connectivity index is 1.58. The lowest BCUT2D eigenvalue weighted by atomic mass is 9.97. The summed E-state index contributed by atoms with van der Waals surface area (Å²) in [5, 5.41) is 4.51. The summed E-state index contributed by atoms with van der Waals surface area (Å²) in [6.07, 6.45) is 0.736. The van der Waals surface area contributed by atoms with Gasteiger partial charge in [0.1, 0.15) is 0 Å². The second-order valence-electron chi connectivity index (χ2n) is 7.01. The maximum atomic E-state index is 12.8. The van der Waals surface area contributed by atoms with E-state index in [0.717, 1.165) is 11.3 Å². The van der Waals surface area contributed by atoms with Gasteiger partial charge >= 0.3 is 5.97 Å². The SMILES string of the molecule is CCOC(=O)c1csc(NC(=O)C2CCN(S(=O)(=O)c3ccc(C(C)=O)cc3)CC2)n1. The number of nitrogens with one attached hydrogen (secondary N) is 1. The first kappa shape index (κ1) is 23.0. The molecule has 0 saturated carbocycles. The lowest BCUT2D eigenvalue weighted by Gasteiger charge is -2.30. The molecule has 1 fully saturated rings. The third-order valence-electron chi connectivity index (χ3n) is 4.94. The Morgan fingerprint density at radius 1 is 1.19 bits per heavy atom. The van der Waals surface area contributed by atoms with Gasteiger partial charge in [0.15, 0.2) is 16.6 Å². The summed E-state index contributed by atoms with van der Waals surface area (Å²) >= 11 is 1.13. The molecule has 0 atom stereocenters. The average molecular weight is 466 g/mol. The van der Waals surface area contributed by atoms with Gasteiger partial charge in [-0.25, -0.2) is 18.2 Å². The monoisotopic (exact) mass is 465 g/mol. The molecule has 9 nitrogen and oxygen atoms in total. The summed E-state index contributed by atoms with van der Waals surface area (Å²) in [6.45, 7) is 3.77. The van der Waals surface area contributed by atoms with E-state index in [4.69, 9.17) is 4.74 Å². The van der Waals surface area contributed by atoms with Crippen molar-refractivity contribution in [3.05, 3.63) is 40.9 Å². The molecule has 166 valence electrons. The van der Waals surface area contributed by atoms with Crippen LogP contribution in [-0.2, 0) is 19.6 Å². The van der Waals surface area contributed by atoms with Crippen LogP contribution in [0.1, 0.15) is 47.5 Å². The minimum atomic E-state index is -3.70. The van der Waals surface area contributed by atoms with E-state index in [1.165, 1.54) is 40.9 Å². The van der Waals surface area contributed by atoms with Crippen LogP contribution < -0.4 is 5.32 Å². The number of ether oxygens (including phenoxy) is 1. The van der Waals surface area contributed by atoms with Crippen molar-refractivity contribution < 1.29 is 27.5 Å². The molecule has 0 radical (unpaired) electrons. The van der Waals surface area contributed by atoms with Gasteiger partial charge in [-0.3, -0.25) is 9.59 Å². The van der Waals surface area contributed by atoms with Crippen molar-refractivity contribution in [1.82, 2.24) is 9.29 Å². The van der Waals surface area contributed by atoms with Gasteiger partial charge in [-0.2, -0.15) is 4.31 Å². The topological polar surface area (TPSA) is 123 Å². The van der Waals surface area contributed by atoms with E-state index >= 15 is 0 Å². The van der Waals surface area contributed by atoms with E-state index in [1.807, 2.05) is 0 Å². The lowest BCUT2D eigenvalue weighted by molar-refractivity contribution is -0.120.